The van der Waals surface area contributed by atoms with Crippen molar-refractivity contribution in [3.8, 4) is 0 Å². The van der Waals surface area contributed by atoms with Gasteiger partial charge >= 0.3 is 5.97 Å². The highest BCUT2D eigenvalue weighted by atomic mass is 35.5. The summed E-state index contributed by atoms with van der Waals surface area (Å²) in [7, 11) is 0. The largest absolute Gasteiger partial charge is 0.481 e. The minimum Gasteiger partial charge on any atom is -0.481 e. The quantitative estimate of drug-likeness (QED) is 0.865. The molecule has 1 amide bonds. The van der Waals surface area contributed by atoms with Crippen molar-refractivity contribution in [2.24, 2.45) is 5.41 Å². The molecular weight excluding hydrogens is 244 g/mol. The maximum atomic E-state index is 11.6. The van der Waals surface area contributed by atoms with Crippen LogP contribution < -0.4 is 5.32 Å². The van der Waals surface area contributed by atoms with E-state index in [2.05, 4.69) is 10.3 Å². The number of carbonyl (C=O) groups excluding carboxylic acids is 1. The fraction of sp³-hybridized carbons (Fsp3) is 0.364. The monoisotopic (exact) mass is 256 g/mol. The molecule has 1 heterocycles. The van der Waals surface area contributed by atoms with E-state index in [0.29, 0.717) is 10.7 Å². The molecule has 1 aromatic heterocycles. The Hall–Kier alpha value is -1.62. The van der Waals surface area contributed by atoms with Gasteiger partial charge in [-0.3, -0.25) is 14.6 Å². The van der Waals surface area contributed by atoms with Gasteiger partial charge in [0, 0.05) is 12.6 Å². The number of halogens is 1. The SMILES string of the molecule is CC(C)(CC(=O)Nc1cnccc1Cl)C(=O)O. The van der Waals surface area contributed by atoms with Crippen LogP contribution in [-0.2, 0) is 9.59 Å². The summed E-state index contributed by atoms with van der Waals surface area (Å²) >= 11 is 5.83. The molecule has 1 aromatic rings. The number of hydrogen-bond donors (Lipinski definition) is 2. The molecule has 2 N–H and O–H groups in total. The molecule has 0 bridgehead atoms. The van der Waals surface area contributed by atoms with Crippen LogP contribution in [0.1, 0.15) is 20.3 Å². The Bertz CT molecular complexity index is 446. The highest BCUT2D eigenvalue weighted by Gasteiger charge is 2.30. The van der Waals surface area contributed by atoms with Gasteiger partial charge in [0.1, 0.15) is 0 Å². The fourth-order valence-electron chi connectivity index (χ4n) is 1.14. The summed E-state index contributed by atoms with van der Waals surface area (Å²) in [5.74, 6) is -1.43. The zero-order chi connectivity index (χ0) is 13.1. The average Bonchev–Trinajstić information content (AvgIpc) is 2.20. The topological polar surface area (TPSA) is 79.3 Å². The number of carboxylic acids is 1. The molecule has 0 aliphatic rings. The van der Waals surface area contributed by atoms with Crippen LogP contribution in [0.5, 0.6) is 0 Å². The van der Waals surface area contributed by atoms with Crippen molar-refractivity contribution in [2.75, 3.05) is 5.32 Å². The van der Waals surface area contributed by atoms with Gasteiger partial charge in [-0.1, -0.05) is 11.6 Å². The molecule has 0 saturated carbocycles. The van der Waals surface area contributed by atoms with Crippen molar-refractivity contribution >= 4 is 29.2 Å². The van der Waals surface area contributed by atoms with E-state index in [-0.39, 0.29) is 6.42 Å². The predicted octanol–water partition coefficient (Wildman–Crippen LogP) is 2.17. The summed E-state index contributed by atoms with van der Waals surface area (Å²) in [5, 5.41) is 11.8. The van der Waals surface area contributed by atoms with E-state index < -0.39 is 17.3 Å². The molecule has 0 spiro atoms. The number of hydrogen-bond acceptors (Lipinski definition) is 3. The molecule has 0 saturated heterocycles. The van der Waals surface area contributed by atoms with E-state index in [1.54, 1.807) is 6.07 Å². The standard InChI is InChI=1S/C11H13ClN2O3/c1-11(2,10(16)17)5-9(15)14-8-6-13-4-3-7(8)12/h3-4,6H,5H2,1-2H3,(H,14,15)(H,16,17). The third-order valence-corrected chi connectivity index (χ3v) is 2.55. The molecule has 1 rings (SSSR count). The van der Waals surface area contributed by atoms with Gasteiger partial charge in [0.15, 0.2) is 0 Å². The Balaban J connectivity index is 2.69. The highest BCUT2D eigenvalue weighted by molar-refractivity contribution is 6.33. The Labute approximate surface area is 104 Å². The minimum absolute atomic E-state index is 0.131. The maximum absolute atomic E-state index is 11.6. The summed E-state index contributed by atoms with van der Waals surface area (Å²) < 4.78 is 0. The molecule has 0 radical (unpaired) electrons. The second-order valence-electron chi connectivity index (χ2n) is 4.27. The van der Waals surface area contributed by atoms with Gasteiger partial charge < -0.3 is 10.4 Å². The van der Waals surface area contributed by atoms with Crippen LogP contribution in [0.25, 0.3) is 0 Å². The Morgan fingerprint density at radius 3 is 2.71 bits per heavy atom. The first-order chi connectivity index (χ1) is 7.83. The van der Waals surface area contributed by atoms with Gasteiger partial charge in [-0.2, -0.15) is 0 Å². The highest BCUT2D eigenvalue weighted by Crippen LogP contribution is 2.23. The third-order valence-electron chi connectivity index (χ3n) is 2.22. The Morgan fingerprint density at radius 2 is 2.18 bits per heavy atom. The summed E-state index contributed by atoms with van der Waals surface area (Å²) in [6.07, 6.45) is 2.78. The molecule has 0 fully saturated rings. The van der Waals surface area contributed by atoms with Crippen LogP contribution in [-0.4, -0.2) is 22.0 Å². The number of carbonyl (C=O) groups is 2. The molecule has 5 nitrogen and oxygen atoms in total. The zero-order valence-corrected chi connectivity index (χ0v) is 10.3. The van der Waals surface area contributed by atoms with Crippen molar-refractivity contribution in [3.63, 3.8) is 0 Å². The lowest BCUT2D eigenvalue weighted by Crippen LogP contribution is -2.29. The lowest BCUT2D eigenvalue weighted by Gasteiger charge is -2.18. The first kappa shape index (κ1) is 13.4. The first-order valence-electron chi connectivity index (χ1n) is 4.96. The summed E-state index contributed by atoms with van der Waals surface area (Å²) in [6, 6.07) is 1.54. The van der Waals surface area contributed by atoms with E-state index in [1.165, 1.54) is 26.2 Å². The summed E-state index contributed by atoms with van der Waals surface area (Å²) in [4.78, 5) is 26.3. The molecule has 6 heteroatoms. The van der Waals surface area contributed by atoms with E-state index in [9.17, 15) is 9.59 Å². The van der Waals surface area contributed by atoms with Crippen LogP contribution in [0.15, 0.2) is 18.5 Å². The molecule has 0 unspecified atom stereocenters. The van der Waals surface area contributed by atoms with Crippen LogP contribution in [0.2, 0.25) is 5.02 Å². The number of rotatable bonds is 4. The van der Waals surface area contributed by atoms with Crippen molar-refractivity contribution in [1.29, 1.82) is 0 Å². The Kier molecular flexibility index (Phi) is 4.07. The third kappa shape index (κ3) is 3.71. The number of nitrogens with one attached hydrogen (secondary N) is 1. The molecule has 0 aromatic carbocycles. The van der Waals surface area contributed by atoms with Gasteiger partial charge in [-0.05, 0) is 19.9 Å². The predicted molar refractivity (Wildman–Crippen MR) is 63.9 cm³/mol. The number of nitrogens with zero attached hydrogens (tertiary/aromatic N) is 1. The smallest absolute Gasteiger partial charge is 0.309 e. The number of aliphatic carboxylic acids is 1. The minimum atomic E-state index is -1.11. The number of aromatic nitrogens is 1. The molecule has 92 valence electrons. The number of anilines is 1. The van der Waals surface area contributed by atoms with Crippen LogP contribution in [0.4, 0.5) is 5.69 Å². The maximum Gasteiger partial charge on any atom is 0.309 e. The number of carboxylic acid groups (broad SMARTS) is 1. The van der Waals surface area contributed by atoms with Crippen molar-refractivity contribution < 1.29 is 14.7 Å². The molecule has 0 atom stereocenters. The number of amides is 1. The molecular formula is C11H13ClN2O3. The van der Waals surface area contributed by atoms with Crippen LogP contribution >= 0.6 is 11.6 Å². The van der Waals surface area contributed by atoms with Crippen LogP contribution in [0, 0.1) is 5.41 Å². The number of pyridine rings is 1. The normalized spacial score (nSPS) is 11.0. The van der Waals surface area contributed by atoms with Gasteiger partial charge in [-0.25, -0.2) is 0 Å². The van der Waals surface area contributed by atoms with Gasteiger partial charge in [-0.15, -0.1) is 0 Å². The fourth-order valence-corrected chi connectivity index (χ4v) is 1.29. The summed E-state index contributed by atoms with van der Waals surface area (Å²) in [5.41, 5.74) is -0.737. The molecule has 17 heavy (non-hydrogen) atoms. The molecule has 0 aliphatic carbocycles. The average molecular weight is 257 g/mol. The Morgan fingerprint density at radius 1 is 1.53 bits per heavy atom. The summed E-state index contributed by atoms with van der Waals surface area (Å²) in [6.45, 7) is 2.97. The van der Waals surface area contributed by atoms with Crippen molar-refractivity contribution in [1.82, 2.24) is 4.98 Å². The van der Waals surface area contributed by atoms with Crippen molar-refractivity contribution in [2.45, 2.75) is 20.3 Å². The van der Waals surface area contributed by atoms with E-state index in [0.717, 1.165) is 0 Å². The second kappa shape index (κ2) is 5.14. The van der Waals surface area contributed by atoms with Crippen LogP contribution in [0.3, 0.4) is 0 Å². The zero-order valence-electron chi connectivity index (χ0n) is 9.53. The lowest BCUT2D eigenvalue weighted by molar-refractivity contribution is -0.148. The van der Waals surface area contributed by atoms with E-state index >= 15 is 0 Å². The second-order valence-corrected chi connectivity index (χ2v) is 4.68. The van der Waals surface area contributed by atoms with E-state index in [1.807, 2.05) is 0 Å². The van der Waals surface area contributed by atoms with Gasteiger partial charge in [0.25, 0.3) is 0 Å². The first-order valence-corrected chi connectivity index (χ1v) is 5.33. The lowest BCUT2D eigenvalue weighted by atomic mass is 9.89. The van der Waals surface area contributed by atoms with Gasteiger partial charge in [0.2, 0.25) is 5.91 Å². The molecule has 0 aliphatic heterocycles. The van der Waals surface area contributed by atoms with Gasteiger partial charge in [0.05, 0.1) is 22.3 Å². The van der Waals surface area contributed by atoms with E-state index in [4.69, 9.17) is 16.7 Å². The van der Waals surface area contributed by atoms with Crippen molar-refractivity contribution in [3.05, 3.63) is 23.5 Å².